The molecule has 0 fully saturated rings. The maximum absolute atomic E-state index is 12.5. The van der Waals surface area contributed by atoms with Crippen LogP contribution in [0.15, 0.2) is 53.3 Å². The Labute approximate surface area is 178 Å². The summed E-state index contributed by atoms with van der Waals surface area (Å²) in [7, 11) is 1.62. The molecule has 0 radical (unpaired) electrons. The lowest BCUT2D eigenvalue weighted by molar-refractivity contribution is 0.379. The first-order chi connectivity index (χ1) is 14.5. The van der Waals surface area contributed by atoms with Crippen LogP contribution in [0, 0.1) is 13.8 Å². The molecule has 7 heteroatoms. The van der Waals surface area contributed by atoms with E-state index in [2.05, 4.69) is 15.3 Å². The molecule has 0 amide bonds. The second-order valence-electron chi connectivity index (χ2n) is 7.06. The first kappa shape index (κ1) is 20.0. The number of hydrogen-bond donors (Lipinski definition) is 2. The van der Waals surface area contributed by atoms with Gasteiger partial charge in [-0.2, -0.15) is 0 Å². The molecule has 0 saturated heterocycles. The summed E-state index contributed by atoms with van der Waals surface area (Å²) in [5, 5.41) is 4.06. The van der Waals surface area contributed by atoms with Crippen LogP contribution in [0.1, 0.15) is 29.2 Å². The summed E-state index contributed by atoms with van der Waals surface area (Å²) in [6.45, 7) is 5.94. The maximum atomic E-state index is 12.5. The largest absolute Gasteiger partial charge is 0.493 e. The molecule has 0 aliphatic carbocycles. The molecule has 2 aromatic heterocycles. The molecule has 1 atom stereocenters. The summed E-state index contributed by atoms with van der Waals surface area (Å²) in [6, 6.07) is 15.0. The number of aromatic nitrogens is 2. The number of nitrogens with one attached hydrogen (secondary N) is 2. The highest BCUT2D eigenvalue weighted by molar-refractivity contribution is 7.18. The van der Waals surface area contributed by atoms with Gasteiger partial charge in [0.1, 0.15) is 16.4 Å². The van der Waals surface area contributed by atoms with Gasteiger partial charge in [0.2, 0.25) is 0 Å². The van der Waals surface area contributed by atoms with Crippen LogP contribution < -0.4 is 20.3 Å². The number of thiophene rings is 1. The van der Waals surface area contributed by atoms with Crippen LogP contribution in [0.3, 0.4) is 0 Å². The van der Waals surface area contributed by atoms with Gasteiger partial charge < -0.3 is 19.8 Å². The van der Waals surface area contributed by atoms with Gasteiger partial charge in [0.25, 0.3) is 5.56 Å². The summed E-state index contributed by atoms with van der Waals surface area (Å²) in [6.07, 6.45) is 0. The Kier molecular flexibility index (Phi) is 5.46. The lowest BCUT2D eigenvalue weighted by Crippen LogP contribution is -2.17. The number of para-hydroxylation sites is 2. The van der Waals surface area contributed by atoms with Gasteiger partial charge in [0.15, 0.2) is 11.5 Å². The third-order valence-electron chi connectivity index (χ3n) is 5.00. The Morgan fingerprint density at radius 3 is 2.47 bits per heavy atom. The molecule has 154 valence electrons. The predicted molar refractivity (Wildman–Crippen MR) is 121 cm³/mol. The van der Waals surface area contributed by atoms with E-state index in [1.54, 1.807) is 18.4 Å². The van der Waals surface area contributed by atoms with Crippen LogP contribution in [0.25, 0.3) is 10.2 Å². The minimum absolute atomic E-state index is 0.0916. The second kappa shape index (κ2) is 8.20. The van der Waals surface area contributed by atoms with E-state index in [0.717, 1.165) is 21.0 Å². The number of aromatic amines is 1. The Balaban J connectivity index is 1.50. The van der Waals surface area contributed by atoms with Gasteiger partial charge in [-0.15, -0.1) is 11.3 Å². The normalized spacial score (nSPS) is 12.0. The highest BCUT2D eigenvalue weighted by Crippen LogP contribution is 2.32. The molecule has 4 aromatic rings. The first-order valence-corrected chi connectivity index (χ1v) is 10.5. The average molecular weight is 422 g/mol. The second-order valence-corrected chi connectivity index (χ2v) is 8.26. The summed E-state index contributed by atoms with van der Waals surface area (Å²) in [4.78, 5) is 22.0. The van der Waals surface area contributed by atoms with Crippen LogP contribution in [0.2, 0.25) is 0 Å². The SMILES string of the molecule is COc1ccccc1Oc1ccc(NC(C)c2nc3sc(C)c(C)c3c(=O)[nH]2)cc1. The Morgan fingerprint density at radius 2 is 1.77 bits per heavy atom. The van der Waals surface area contributed by atoms with Crippen LogP contribution in [0.4, 0.5) is 5.69 Å². The van der Waals surface area contributed by atoms with Crippen molar-refractivity contribution in [1.29, 1.82) is 0 Å². The van der Waals surface area contributed by atoms with Crippen LogP contribution in [-0.4, -0.2) is 17.1 Å². The van der Waals surface area contributed by atoms with Crippen molar-refractivity contribution in [2.24, 2.45) is 0 Å². The Bertz CT molecular complexity index is 1250. The van der Waals surface area contributed by atoms with Crippen molar-refractivity contribution in [3.8, 4) is 17.2 Å². The topological polar surface area (TPSA) is 76.2 Å². The van der Waals surface area contributed by atoms with Crippen molar-refractivity contribution in [3.05, 3.63) is 75.1 Å². The van der Waals surface area contributed by atoms with E-state index in [9.17, 15) is 4.79 Å². The van der Waals surface area contributed by atoms with Gasteiger partial charge in [-0.05, 0) is 62.7 Å². The minimum atomic E-state index is -0.161. The molecule has 2 aromatic carbocycles. The van der Waals surface area contributed by atoms with E-state index >= 15 is 0 Å². The van der Waals surface area contributed by atoms with E-state index in [1.807, 2.05) is 69.3 Å². The standard InChI is InChI=1S/C23H23N3O3S/c1-13-15(3)30-23-20(13)22(27)25-21(26-23)14(2)24-16-9-11-17(12-10-16)29-19-8-6-5-7-18(19)28-4/h5-12,14,24H,1-4H3,(H,25,26,27). The van der Waals surface area contributed by atoms with Gasteiger partial charge in [0.05, 0.1) is 18.5 Å². The van der Waals surface area contributed by atoms with Crippen molar-refractivity contribution in [2.45, 2.75) is 26.8 Å². The molecule has 1 unspecified atom stereocenters. The Morgan fingerprint density at radius 1 is 1.07 bits per heavy atom. The molecule has 2 heterocycles. The molecule has 0 bridgehead atoms. The summed E-state index contributed by atoms with van der Waals surface area (Å²) in [5.41, 5.74) is 1.81. The monoisotopic (exact) mass is 421 g/mol. The van der Waals surface area contributed by atoms with Crippen molar-refractivity contribution >= 4 is 27.2 Å². The van der Waals surface area contributed by atoms with Crippen molar-refractivity contribution in [2.75, 3.05) is 12.4 Å². The highest BCUT2D eigenvalue weighted by Gasteiger charge is 2.15. The van der Waals surface area contributed by atoms with E-state index in [1.165, 1.54) is 0 Å². The van der Waals surface area contributed by atoms with E-state index < -0.39 is 0 Å². The predicted octanol–water partition coefficient (Wildman–Crippen LogP) is 5.58. The average Bonchev–Trinajstić information content (AvgIpc) is 3.03. The van der Waals surface area contributed by atoms with Gasteiger partial charge in [0, 0.05) is 10.6 Å². The fourth-order valence-corrected chi connectivity index (χ4v) is 4.28. The number of H-pyrrole nitrogens is 1. The number of aryl methyl sites for hydroxylation is 2. The molecule has 6 nitrogen and oxygen atoms in total. The molecule has 0 aliphatic heterocycles. The quantitative estimate of drug-likeness (QED) is 0.425. The number of rotatable bonds is 6. The fourth-order valence-electron chi connectivity index (χ4n) is 3.24. The van der Waals surface area contributed by atoms with Crippen LogP contribution in [-0.2, 0) is 0 Å². The number of nitrogens with zero attached hydrogens (tertiary/aromatic N) is 1. The number of methoxy groups -OCH3 is 1. The molecule has 0 saturated carbocycles. The molecular formula is C23H23N3O3S. The van der Waals surface area contributed by atoms with E-state index in [4.69, 9.17) is 9.47 Å². The smallest absolute Gasteiger partial charge is 0.259 e. The van der Waals surface area contributed by atoms with Crippen molar-refractivity contribution in [1.82, 2.24) is 9.97 Å². The number of ether oxygens (including phenoxy) is 2. The molecule has 30 heavy (non-hydrogen) atoms. The lowest BCUT2D eigenvalue weighted by Gasteiger charge is -2.15. The third-order valence-corrected chi connectivity index (χ3v) is 6.10. The molecular weight excluding hydrogens is 398 g/mol. The summed E-state index contributed by atoms with van der Waals surface area (Å²) < 4.78 is 11.2. The fraction of sp³-hybridized carbons (Fsp3) is 0.217. The van der Waals surface area contributed by atoms with Crippen molar-refractivity contribution in [3.63, 3.8) is 0 Å². The number of hydrogen-bond acceptors (Lipinski definition) is 6. The van der Waals surface area contributed by atoms with Gasteiger partial charge in [-0.3, -0.25) is 4.79 Å². The number of benzene rings is 2. The molecule has 0 aliphatic rings. The van der Waals surface area contributed by atoms with Gasteiger partial charge in [-0.25, -0.2) is 4.98 Å². The van der Waals surface area contributed by atoms with Gasteiger partial charge >= 0.3 is 0 Å². The molecule has 0 spiro atoms. The number of fused-ring (bicyclic) bond motifs is 1. The van der Waals surface area contributed by atoms with Gasteiger partial charge in [-0.1, -0.05) is 12.1 Å². The van der Waals surface area contributed by atoms with Crippen LogP contribution >= 0.6 is 11.3 Å². The minimum Gasteiger partial charge on any atom is -0.493 e. The van der Waals surface area contributed by atoms with E-state index in [0.29, 0.717) is 28.5 Å². The lowest BCUT2D eigenvalue weighted by atomic mass is 10.2. The number of anilines is 1. The maximum Gasteiger partial charge on any atom is 0.259 e. The Hall–Kier alpha value is -3.32. The van der Waals surface area contributed by atoms with E-state index in [-0.39, 0.29) is 11.6 Å². The zero-order chi connectivity index (χ0) is 21.3. The third kappa shape index (κ3) is 3.89. The van der Waals surface area contributed by atoms with Crippen molar-refractivity contribution < 1.29 is 9.47 Å². The highest BCUT2D eigenvalue weighted by atomic mass is 32.1. The van der Waals surface area contributed by atoms with Crippen LogP contribution in [0.5, 0.6) is 17.2 Å². The summed E-state index contributed by atoms with van der Waals surface area (Å²) in [5.74, 6) is 2.65. The molecule has 4 rings (SSSR count). The zero-order valence-corrected chi connectivity index (χ0v) is 18.1. The molecule has 2 N–H and O–H groups in total. The zero-order valence-electron chi connectivity index (χ0n) is 17.3. The first-order valence-electron chi connectivity index (χ1n) is 9.63. The summed E-state index contributed by atoms with van der Waals surface area (Å²) >= 11 is 1.55.